The van der Waals surface area contributed by atoms with Gasteiger partial charge in [-0.3, -0.25) is 9.69 Å². The number of hydrogen-bond acceptors (Lipinski definition) is 6. The summed E-state index contributed by atoms with van der Waals surface area (Å²) < 4.78 is 10.5. The number of benzene rings is 1. The molecule has 1 aromatic carbocycles. The quantitative estimate of drug-likeness (QED) is 0.829. The van der Waals surface area contributed by atoms with Gasteiger partial charge in [0.05, 0.1) is 25.4 Å². The summed E-state index contributed by atoms with van der Waals surface area (Å²) in [4.78, 5) is 21.3. The first-order chi connectivity index (χ1) is 11.7. The molecule has 1 aliphatic rings. The summed E-state index contributed by atoms with van der Waals surface area (Å²) in [5.74, 6) is 1.26. The van der Waals surface area contributed by atoms with Gasteiger partial charge in [0.1, 0.15) is 11.5 Å². The number of ether oxygens (including phenoxy) is 2. The van der Waals surface area contributed by atoms with Gasteiger partial charge >= 0.3 is 0 Å². The van der Waals surface area contributed by atoms with Crippen molar-refractivity contribution in [2.75, 3.05) is 40.4 Å². The zero-order chi connectivity index (χ0) is 16.9. The molecule has 2 aromatic rings. The fourth-order valence-corrected chi connectivity index (χ4v) is 3.32. The maximum absolute atomic E-state index is 12.7. The standard InChI is InChI=1S/C17H21N3O3S/c1-22-15-7-13(8-16(9-15)23-2)17(21)20-5-3-19(4-6-20)10-14-11-24-12-18-14/h7-9,11-12H,3-6,10H2,1-2H3. The molecule has 0 aliphatic carbocycles. The molecule has 1 amide bonds. The highest BCUT2D eigenvalue weighted by Gasteiger charge is 2.23. The van der Waals surface area contributed by atoms with E-state index in [1.54, 1.807) is 43.8 Å². The van der Waals surface area contributed by atoms with Gasteiger partial charge in [-0.2, -0.15) is 0 Å². The van der Waals surface area contributed by atoms with E-state index >= 15 is 0 Å². The van der Waals surface area contributed by atoms with Crippen LogP contribution in [-0.2, 0) is 6.54 Å². The monoisotopic (exact) mass is 347 g/mol. The van der Waals surface area contributed by atoms with Crippen molar-refractivity contribution in [3.8, 4) is 11.5 Å². The Labute approximate surface area is 145 Å². The lowest BCUT2D eigenvalue weighted by Gasteiger charge is -2.34. The normalized spacial score (nSPS) is 15.3. The number of amides is 1. The number of rotatable bonds is 5. The molecule has 128 valence electrons. The molecule has 1 fully saturated rings. The van der Waals surface area contributed by atoms with Crippen LogP contribution >= 0.6 is 11.3 Å². The fraction of sp³-hybridized carbons (Fsp3) is 0.412. The molecular weight excluding hydrogens is 326 g/mol. The van der Waals surface area contributed by atoms with Crippen LogP contribution in [0.25, 0.3) is 0 Å². The predicted molar refractivity (Wildman–Crippen MR) is 92.8 cm³/mol. The predicted octanol–water partition coefficient (Wildman–Crippen LogP) is 2.12. The third-order valence-corrected chi connectivity index (χ3v) is 4.76. The van der Waals surface area contributed by atoms with E-state index in [1.165, 1.54) is 0 Å². The second-order valence-electron chi connectivity index (χ2n) is 5.65. The molecule has 1 aromatic heterocycles. The minimum absolute atomic E-state index is 0.0144. The Bertz CT molecular complexity index is 660. The van der Waals surface area contributed by atoms with Gasteiger partial charge in [-0.15, -0.1) is 11.3 Å². The van der Waals surface area contributed by atoms with Crippen molar-refractivity contribution in [2.24, 2.45) is 0 Å². The van der Waals surface area contributed by atoms with Crippen LogP contribution in [0.2, 0.25) is 0 Å². The highest BCUT2D eigenvalue weighted by atomic mass is 32.1. The van der Waals surface area contributed by atoms with Crippen molar-refractivity contribution < 1.29 is 14.3 Å². The third kappa shape index (κ3) is 3.85. The summed E-state index contributed by atoms with van der Waals surface area (Å²) in [6.07, 6.45) is 0. The van der Waals surface area contributed by atoms with Crippen LogP contribution in [-0.4, -0.2) is 61.1 Å². The van der Waals surface area contributed by atoms with Gasteiger partial charge in [-0.25, -0.2) is 4.98 Å². The lowest BCUT2D eigenvalue weighted by molar-refractivity contribution is 0.0626. The zero-order valence-electron chi connectivity index (χ0n) is 13.9. The SMILES string of the molecule is COc1cc(OC)cc(C(=O)N2CCN(Cc3cscn3)CC2)c1. The van der Waals surface area contributed by atoms with E-state index < -0.39 is 0 Å². The topological polar surface area (TPSA) is 54.9 Å². The van der Waals surface area contributed by atoms with E-state index in [0.717, 1.165) is 25.3 Å². The van der Waals surface area contributed by atoms with Gasteiger partial charge in [-0.05, 0) is 12.1 Å². The van der Waals surface area contributed by atoms with E-state index in [-0.39, 0.29) is 5.91 Å². The van der Waals surface area contributed by atoms with Crippen molar-refractivity contribution in [3.05, 3.63) is 40.3 Å². The Kier molecular flexibility index (Phi) is 5.32. The molecule has 1 saturated heterocycles. The minimum Gasteiger partial charge on any atom is -0.497 e. The van der Waals surface area contributed by atoms with Crippen LogP contribution in [0.15, 0.2) is 29.1 Å². The summed E-state index contributed by atoms with van der Waals surface area (Å²) in [7, 11) is 3.17. The molecule has 0 spiro atoms. The second-order valence-corrected chi connectivity index (χ2v) is 6.37. The van der Waals surface area contributed by atoms with Crippen LogP contribution in [0.5, 0.6) is 11.5 Å². The van der Waals surface area contributed by atoms with Crippen molar-refractivity contribution >= 4 is 17.2 Å². The first-order valence-corrected chi connectivity index (χ1v) is 8.75. The average molecular weight is 347 g/mol. The van der Waals surface area contributed by atoms with E-state index in [0.29, 0.717) is 30.2 Å². The lowest BCUT2D eigenvalue weighted by atomic mass is 10.1. The van der Waals surface area contributed by atoms with Gasteiger partial charge in [0.15, 0.2) is 0 Å². The van der Waals surface area contributed by atoms with Crippen molar-refractivity contribution in [2.45, 2.75) is 6.54 Å². The largest absolute Gasteiger partial charge is 0.497 e. The summed E-state index contributed by atoms with van der Waals surface area (Å²) in [6, 6.07) is 5.28. The zero-order valence-corrected chi connectivity index (χ0v) is 14.7. The minimum atomic E-state index is 0.0144. The summed E-state index contributed by atoms with van der Waals surface area (Å²) in [5.41, 5.74) is 3.54. The number of hydrogen-bond donors (Lipinski definition) is 0. The number of aromatic nitrogens is 1. The van der Waals surface area contributed by atoms with E-state index in [4.69, 9.17) is 9.47 Å². The highest BCUT2D eigenvalue weighted by molar-refractivity contribution is 7.07. The molecule has 0 radical (unpaired) electrons. The molecule has 0 N–H and O–H groups in total. The molecule has 0 atom stereocenters. The second kappa shape index (κ2) is 7.63. The number of methoxy groups -OCH3 is 2. The maximum Gasteiger partial charge on any atom is 0.254 e. The molecule has 1 aliphatic heterocycles. The summed E-state index contributed by atoms with van der Waals surface area (Å²) in [5, 5.41) is 2.07. The van der Waals surface area contributed by atoms with Gasteiger partial charge < -0.3 is 14.4 Å². The van der Waals surface area contributed by atoms with Crippen LogP contribution in [0.1, 0.15) is 16.1 Å². The molecule has 0 saturated carbocycles. The first-order valence-electron chi connectivity index (χ1n) is 7.81. The average Bonchev–Trinajstić information content (AvgIpc) is 3.14. The Morgan fingerprint density at radius 3 is 2.33 bits per heavy atom. The molecule has 0 unspecified atom stereocenters. The lowest BCUT2D eigenvalue weighted by Crippen LogP contribution is -2.48. The Morgan fingerprint density at radius 1 is 1.12 bits per heavy atom. The number of nitrogens with zero attached hydrogens (tertiary/aromatic N) is 3. The number of thiazole rings is 1. The van der Waals surface area contributed by atoms with E-state index in [9.17, 15) is 4.79 Å². The van der Waals surface area contributed by atoms with Crippen molar-refractivity contribution in [3.63, 3.8) is 0 Å². The molecule has 3 rings (SSSR count). The molecule has 6 nitrogen and oxygen atoms in total. The van der Waals surface area contributed by atoms with Gasteiger partial charge in [0.2, 0.25) is 0 Å². The van der Waals surface area contributed by atoms with E-state index in [1.807, 2.05) is 10.4 Å². The Morgan fingerprint density at radius 2 is 1.79 bits per heavy atom. The van der Waals surface area contributed by atoms with E-state index in [2.05, 4.69) is 15.3 Å². The van der Waals surface area contributed by atoms with Gasteiger partial charge in [-0.1, -0.05) is 0 Å². The van der Waals surface area contributed by atoms with Crippen LogP contribution in [0, 0.1) is 0 Å². The Balaban J connectivity index is 1.62. The first kappa shape index (κ1) is 16.7. The van der Waals surface area contributed by atoms with Gasteiger partial charge in [0.25, 0.3) is 5.91 Å². The molecule has 2 heterocycles. The number of carbonyl (C=O) groups excluding carboxylic acids is 1. The van der Waals surface area contributed by atoms with Crippen molar-refractivity contribution in [1.29, 1.82) is 0 Å². The van der Waals surface area contributed by atoms with Crippen LogP contribution < -0.4 is 9.47 Å². The maximum atomic E-state index is 12.7. The Hall–Kier alpha value is -2.12. The molecular formula is C17H21N3O3S. The number of carbonyl (C=O) groups is 1. The van der Waals surface area contributed by atoms with Crippen LogP contribution in [0.3, 0.4) is 0 Å². The van der Waals surface area contributed by atoms with Gasteiger partial charge in [0, 0.05) is 49.7 Å². The molecule has 24 heavy (non-hydrogen) atoms. The summed E-state index contributed by atoms with van der Waals surface area (Å²) in [6.45, 7) is 3.97. The third-order valence-electron chi connectivity index (χ3n) is 4.13. The van der Waals surface area contributed by atoms with Crippen LogP contribution in [0.4, 0.5) is 0 Å². The smallest absolute Gasteiger partial charge is 0.254 e. The molecule has 7 heteroatoms. The highest BCUT2D eigenvalue weighted by Crippen LogP contribution is 2.24. The molecule has 0 bridgehead atoms. The van der Waals surface area contributed by atoms with Crippen molar-refractivity contribution in [1.82, 2.24) is 14.8 Å². The summed E-state index contributed by atoms with van der Waals surface area (Å²) >= 11 is 1.61. The fourth-order valence-electron chi connectivity index (χ4n) is 2.77. The number of piperazine rings is 1.